The van der Waals surface area contributed by atoms with Crippen LogP contribution in [0.15, 0.2) is 60.2 Å². The van der Waals surface area contributed by atoms with Crippen molar-refractivity contribution in [1.82, 2.24) is 5.32 Å². The lowest BCUT2D eigenvalue weighted by atomic mass is 9.98. The average molecular weight is 381 g/mol. The standard InChI is InChI=1S/C23H27NO4/c1-16(21(25)26)12-13-24-15-19-11-10-18(17-8-6-5-7-9-17)14-20(19)22(27)28-23(2,3)4/h5-12,14,24H,13,15H2,1-4H3,(H,25,26)/b16-12+. The molecule has 148 valence electrons. The number of carboxylic acids is 1. The fraction of sp³-hybridized carbons (Fsp3) is 0.304. The molecule has 0 aliphatic rings. The van der Waals surface area contributed by atoms with E-state index in [1.54, 1.807) is 13.0 Å². The third kappa shape index (κ3) is 6.35. The fourth-order valence-corrected chi connectivity index (χ4v) is 2.58. The SMILES string of the molecule is C/C(=C\CNCc1ccc(-c2ccccc2)cc1C(=O)OC(C)(C)C)C(=O)O. The zero-order valence-electron chi connectivity index (χ0n) is 16.8. The van der Waals surface area contributed by atoms with Gasteiger partial charge in [0.05, 0.1) is 5.56 Å². The third-order valence-corrected chi connectivity index (χ3v) is 4.04. The first-order valence-electron chi connectivity index (χ1n) is 9.20. The molecule has 0 spiro atoms. The highest BCUT2D eigenvalue weighted by atomic mass is 16.6. The summed E-state index contributed by atoms with van der Waals surface area (Å²) in [4.78, 5) is 23.6. The number of carbonyl (C=O) groups excluding carboxylic acids is 1. The molecule has 2 aromatic carbocycles. The minimum absolute atomic E-state index is 0.277. The summed E-state index contributed by atoms with van der Waals surface area (Å²) in [5, 5.41) is 12.1. The van der Waals surface area contributed by atoms with Crippen LogP contribution in [0.25, 0.3) is 11.1 Å². The molecule has 0 saturated carbocycles. The van der Waals surface area contributed by atoms with Crippen LogP contribution < -0.4 is 5.32 Å². The summed E-state index contributed by atoms with van der Waals surface area (Å²) >= 11 is 0. The Kier molecular flexibility index (Phi) is 7.12. The van der Waals surface area contributed by atoms with Crippen molar-refractivity contribution in [3.05, 3.63) is 71.3 Å². The molecular formula is C23H27NO4. The van der Waals surface area contributed by atoms with Crippen LogP contribution in [-0.4, -0.2) is 29.2 Å². The molecule has 0 unspecified atom stereocenters. The average Bonchev–Trinajstić information content (AvgIpc) is 2.64. The second-order valence-corrected chi connectivity index (χ2v) is 7.56. The molecule has 0 atom stereocenters. The Morgan fingerprint density at radius 3 is 2.36 bits per heavy atom. The van der Waals surface area contributed by atoms with Crippen molar-refractivity contribution in [3.8, 4) is 11.1 Å². The summed E-state index contributed by atoms with van der Waals surface area (Å²) in [6.07, 6.45) is 1.60. The Bertz CT molecular complexity index is 864. The maximum absolute atomic E-state index is 12.8. The molecule has 0 saturated heterocycles. The van der Waals surface area contributed by atoms with E-state index in [1.165, 1.54) is 0 Å². The van der Waals surface area contributed by atoms with Crippen LogP contribution in [0.5, 0.6) is 0 Å². The second kappa shape index (κ2) is 9.33. The van der Waals surface area contributed by atoms with Crippen LogP contribution in [-0.2, 0) is 16.1 Å². The van der Waals surface area contributed by atoms with Gasteiger partial charge in [0.1, 0.15) is 5.60 Å². The van der Waals surface area contributed by atoms with E-state index < -0.39 is 11.6 Å². The molecule has 2 N–H and O–H groups in total. The molecule has 0 fully saturated rings. The van der Waals surface area contributed by atoms with Gasteiger partial charge < -0.3 is 15.2 Å². The van der Waals surface area contributed by atoms with Crippen molar-refractivity contribution in [3.63, 3.8) is 0 Å². The largest absolute Gasteiger partial charge is 0.478 e. The van der Waals surface area contributed by atoms with Gasteiger partial charge >= 0.3 is 11.9 Å². The van der Waals surface area contributed by atoms with E-state index >= 15 is 0 Å². The highest BCUT2D eigenvalue weighted by Crippen LogP contribution is 2.24. The first-order valence-corrected chi connectivity index (χ1v) is 9.20. The predicted octanol–water partition coefficient (Wildman–Crippen LogP) is 4.43. The number of benzene rings is 2. The topological polar surface area (TPSA) is 75.6 Å². The van der Waals surface area contributed by atoms with Crippen LogP contribution in [0.2, 0.25) is 0 Å². The summed E-state index contributed by atoms with van der Waals surface area (Å²) in [7, 11) is 0. The number of hydrogen-bond acceptors (Lipinski definition) is 4. The molecule has 2 rings (SSSR count). The van der Waals surface area contributed by atoms with Crippen molar-refractivity contribution < 1.29 is 19.4 Å². The molecule has 0 amide bonds. The molecule has 28 heavy (non-hydrogen) atoms. The number of ether oxygens (including phenoxy) is 1. The Hall–Kier alpha value is -2.92. The van der Waals surface area contributed by atoms with Crippen molar-refractivity contribution in [2.45, 2.75) is 39.8 Å². The molecular weight excluding hydrogens is 354 g/mol. The van der Waals surface area contributed by atoms with Gasteiger partial charge in [-0.3, -0.25) is 0 Å². The first kappa shape index (κ1) is 21.4. The number of carboxylic acid groups (broad SMARTS) is 1. The van der Waals surface area contributed by atoms with Gasteiger partial charge in [-0.25, -0.2) is 9.59 Å². The predicted molar refractivity (Wildman–Crippen MR) is 110 cm³/mol. The molecule has 0 bridgehead atoms. The number of carbonyl (C=O) groups is 2. The zero-order chi connectivity index (χ0) is 20.7. The van der Waals surface area contributed by atoms with Crippen LogP contribution in [0.1, 0.15) is 43.6 Å². The number of nitrogens with one attached hydrogen (secondary N) is 1. The van der Waals surface area contributed by atoms with Crippen molar-refractivity contribution in [2.24, 2.45) is 0 Å². The highest BCUT2D eigenvalue weighted by Gasteiger charge is 2.21. The maximum atomic E-state index is 12.8. The van der Waals surface area contributed by atoms with Gasteiger partial charge in [0.25, 0.3) is 0 Å². The third-order valence-electron chi connectivity index (χ3n) is 4.04. The van der Waals surface area contributed by atoms with Gasteiger partial charge in [-0.15, -0.1) is 0 Å². The summed E-state index contributed by atoms with van der Waals surface area (Å²) in [5.41, 5.74) is 2.95. The monoisotopic (exact) mass is 381 g/mol. The lowest BCUT2D eigenvalue weighted by Gasteiger charge is -2.21. The van der Waals surface area contributed by atoms with Crippen molar-refractivity contribution >= 4 is 11.9 Å². The van der Waals surface area contributed by atoms with Crippen LogP contribution in [0.4, 0.5) is 0 Å². The second-order valence-electron chi connectivity index (χ2n) is 7.56. The van der Waals surface area contributed by atoms with Crippen molar-refractivity contribution in [2.75, 3.05) is 6.54 Å². The van der Waals surface area contributed by atoms with Crippen LogP contribution >= 0.6 is 0 Å². The Morgan fingerprint density at radius 2 is 1.75 bits per heavy atom. The molecule has 5 heteroatoms. The maximum Gasteiger partial charge on any atom is 0.338 e. The van der Waals surface area contributed by atoms with E-state index in [-0.39, 0.29) is 11.5 Å². The van der Waals surface area contributed by atoms with E-state index in [1.807, 2.05) is 69.3 Å². The Balaban J connectivity index is 2.26. The number of aliphatic carboxylic acids is 1. The van der Waals surface area contributed by atoms with E-state index in [9.17, 15) is 9.59 Å². The smallest absolute Gasteiger partial charge is 0.338 e. The number of hydrogen-bond donors (Lipinski definition) is 2. The van der Waals surface area contributed by atoms with E-state index in [0.29, 0.717) is 18.7 Å². The minimum atomic E-state index is -0.941. The normalized spacial score (nSPS) is 11.9. The summed E-state index contributed by atoms with van der Waals surface area (Å²) < 4.78 is 5.57. The van der Waals surface area contributed by atoms with Crippen molar-refractivity contribution in [1.29, 1.82) is 0 Å². The van der Waals surface area contributed by atoms with Gasteiger partial charge in [0.2, 0.25) is 0 Å². The summed E-state index contributed by atoms with van der Waals surface area (Å²) in [6, 6.07) is 15.6. The number of esters is 1. The molecule has 0 radical (unpaired) electrons. The summed E-state index contributed by atoms with van der Waals surface area (Å²) in [5.74, 6) is -1.32. The van der Waals surface area contributed by atoms with Crippen LogP contribution in [0, 0.1) is 0 Å². The molecule has 2 aromatic rings. The van der Waals surface area contributed by atoms with Gasteiger partial charge in [-0.1, -0.05) is 48.5 Å². The highest BCUT2D eigenvalue weighted by molar-refractivity contribution is 5.93. The molecule has 5 nitrogen and oxygen atoms in total. The first-order chi connectivity index (χ1) is 13.2. The molecule has 0 heterocycles. The van der Waals surface area contributed by atoms with Gasteiger partial charge in [-0.05, 0) is 50.5 Å². The minimum Gasteiger partial charge on any atom is -0.478 e. The number of rotatable bonds is 7. The quantitative estimate of drug-likeness (QED) is 0.422. The van der Waals surface area contributed by atoms with Gasteiger partial charge in [0, 0.05) is 18.7 Å². The van der Waals surface area contributed by atoms with Crippen LogP contribution in [0.3, 0.4) is 0 Å². The summed E-state index contributed by atoms with van der Waals surface area (Å²) in [6.45, 7) is 7.88. The zero-order valence-corrected chi connectivity index (χ0v) is 16.8. The lowest BCUT2D eigenvalue weighted by Crippen LogP contribution is -2.25. The molecule has 0 aliphatic carbocycles. The fourth-order valence-electron chi connectivity index (χ4n) is 2.58. The van der Waals surface area contributed by atoms with E-state index in [0.717, 1.165) is 16.7 Å². The van der Waals surface area contributed by atoms with Gasteiger partial charge in [0.15, 0.2) is 0 Å². The molecule has 0 aliphatic heterocycles. The van der Waals surface area contributed by atoms with E-state index in [2.05, 4.69) is 5.32 Å². The van der Waals surface area contributed by atoms with E-state index in [4.69, 9.17) is 9.84 Å². The Morgan fingerprint density at radius 1 is 1.07 bits per heavy atom. The lowest BCUT2D eigenvalue weighted by molar-refractivity contribution is -0.132. The Labute approximate surface area is 166 Å². The molecule has 0 aromatic heterocycles. The van der Waals surface area contributed by atoms with Gasteiger partial charge in [-0.2, -0.15) is 0 Å².